The van der Waals surface area contributed by atoms with Crippen molar-refractivity contribution < 1.29 is 8.42 Å². The average Bonchev–Trinajstić information content (AvgIpc) is 2.27. The van der Waals surface area contributed by atoms with Crippen LogP contribution in [0.2, 0.25) is 0 Å². The van der Waals surface area contributed by atoms with Crippen LogP contribution in [0.5, 0.6) is 0 Å². The molecule has 2 rings (SSSR count). The van der Waals surface area contributed by atoms with E-state index < -0.39 is 9.84 Å². The molecule has 0 aromatic carbocycles. The lowest BCUT2D eigenvalue weighted by molar-refractivity contribution is 0.566. The van der Waals surface area contributed by atoms with Gasteiger partial charge in [0.1, 0.15) is 17.5 Å². The van der Waals surface area contributed by atoms with Crippen molar-refractivity contribution in [2.24, 2.45) is 0 Å². The van der Waals surface area contributed by atoms with E-state index in [9.17, 15) is 8.42 Å². The minimum Gasteiger partial charge on any atom is -0.370 e. The Morgan fingerprint density at radius 1 is 1.47 bits per heavy atom. The number of aromatic nitrogens is 2. The second-order valence-electron chi connectivity index (χ2n) is 4.85. The van der Waals surface area contributed by atoms with Gasteiger partial charge in [-0.05, 0) is 20.8 Å². The minimum atomic E-state index is -2.90. The number of aryl methyl sites for hydroxylation is 1. The Balaban J connectivity index is 2.26. The first-order valence-corrected chi connectivity index (χ1v) is 8.30. The van der Waals surface area contributed by atoms with Crippen LogP contribution < -0.4 is 10.2 Å². The van der Waals surface area contributed by atoms with Gasteiger partial charge in [-0.15, -0.1) is 0 Å². The normalized spacial score (nSPS) is 22.3. The van der Waals surface area contributed by atoms with Crippen LogP contribution in [0.1, 0.15) is 19.7 Å². The molecule has 1 fully saturated rings. The van der Waals surface area contributed by atoms with Crippen LogP contribution in [0.3, 0.4) is 0 Å². The maximum Gasteiger partial charge on any atom is 0.154 e. The van der Waals surface area contributed by atoms with Gasteiger partial charge in [0.25, 0.3) is 0 Å². The van der Waals surface area contributed by atoms with Crippen LogP contribution >= 0.6 is 0 Å². The monoisotopic (exact) mass is 284 g/mol. The van der Waals surface area contributed by atoms with Crippen molar-refractivity contribution in [2.45, 2.75) is 26.8 Å². The van der Waals surface area contributed by atoms with Crippen LogP contribution in [-0.4, -0.2) is 49.0 Å². The van der Waals surface area contributed by atoms with Gasteiger partial charge in [0.15, 0.2) is 9.84 Å². The van der Waals surface area contributed by atoms with Crippen LogP contribution in [0.15, 0.2) is 6.07 Å². The van der Waals surface area contributed by atoms with Gasteiger partial charge >= 0.3 is 0 Å². The summed E-state index contributed by atoms with van der Waals surface area (Å²) in [6.07, 6.45) is 0. The first-order valence-electron chi connectivity index (χ1n) is 6.48. The van der Waals surface area contributed by atoms with Gasteiger partial charge in [0.05, 0.1) is 11.5 Å². The Morgan fingerprint density at radius 3 is 2.84 bits per heavy atom. The quantitative estimate of drug-likeness (QED) is 0.886. The Kier molecular flexibility index (Phi) is 3.93. The van der Waals surface area contributed by atoms with E-state index in [4.69, 9.17) is 0 Å². The molecule has 6 nitrogen and oxygen atoms in total. The molecule has 1 aliphatic heterocycles. The zero-order valence-corrected chi connectivity index (χ0v) is 12.4. The molecule has 2 heterocycles. The number of rotatable bonds is 3. The van der Waals surface area contributed by atoms with Gasteiger partial charge in [-0.1, -0.05) is 0 Å². The van der Waals surface area contributed by atoms with Gasteiger partial charge < -0.3 is 10.2 Å². The molecule has 1 atom stereocenters. The maximum absolute atomic E-state index is 11.6. The molecular formula is C12H20N4O2S. The Morgan fingerprint density at radius 2 is 2.21 bits per heavy atom. The van der Waals surface area contributed by atoms with E-state index >= 15 is 0 Å². The second-order valence-corrected chi connectivity index (χ2v) is 7.07. The summed E-state index contributed by atoms with van der Waals surface area (Å²) in [6, 6.07) is 1.83. The summed E-state index contributed by atoms with van der Waals surface area (Å²) in [5, 5.41) is 3.16. The number of nitrogens with zero attached hydrogens (tertiary/aromatic N) is 3. The highest BCUT2D eigenvalue weighted by Crippen LogP contribution is 2.21. The second kappa shape index (κ2) is 5.32. The summed E-state index contributed by atoms with van der Waals surface area (Å²) in [5.74, 6) is 2.65. The molecule has 1 N–H and O–H groups in total. The van der Waals surface area contributed by atoms with Gasteiger partial charge in [-0.25, -0.2) is 18.4 Å². The Labute approximate surface area is 114 Å². The van der Waals surface area contributed by atoms with Crippen molar-refractivity contribution in [1.29, 1.82) is 0 Å². The number of hydrogen-bond donors (Lipinski definition) is 1. The fourth-order valence-corrected chi connectivity index (χ4v) is 3.87. The van der Waals surface area contributed by atoms with Gasteiger partial charge in [-0.2, -0.15) is 0 Å². The highest BCUT2D eigenvalue weighted by atomic mass is 32.2. The van der Waals surface area contributed by atoms with Crippen LogP contribution in [0.25, 0.3) is 0 Å². The van der Waals surface area contributed by atoms with E-state index in [2.05, 4.69) is 15.3 Å². The van der Waals surface area contributed by atoms with E-state index in [1.54, 1.807) is 0 Å². The smallest absolute Gasteiger partial charge is 0.154 e. The van der Waals surface area contributed by atoms with Crippen molar-refractivity contribution in [3.8, 4) is 0 Å². The third-order valence-corrected chi connectivity index (χ3v) is 4.94. The largest absolute Gasteiger partial charge is 0.370 e. The van der Waals surface area contributed by atoms with Crippen LogP contribution in [0.4, 0.5) is 11.6 Å². The first kappa shape index (κ1) is 14.0. The highest BCUT2D eigenvalue weighted by Gasteiger charge is 2.29. The molecule has 0 aliphatic carbocycles. The number of nitrogens with one attached hydrogen (secondary N) is 1. The predicted molar refractivity (Wildman–Crippen MR) is 76.4 cm³/mol. The zero-order chi connectivity index (χ0) is 14.0. The molecular weight excluding hydrogens is 264 g/mol. The van der Waals surface area contributed by atoms with Crippen LogP contribution in [0, 0.1) is 6.92 Å². The lowest BCUT2D eigenvalue weighted by Gasteiger charge is -2.34. The molecule has 0 spiro atoms. The molecule has 1 aromatic rings. The summed E-state index contributed by atoms with van der Waals surface area (Å²) >= 11 is 0. The summed E-state index contributed by atoms with van der Waals surface area (Å²) in [5.41, 5.74) is 0. The van der Waals surface area contributed by atoms with Gasteiger partial charge in [0.2, 0.25) is 0 Å². The summed E-state index contributed by atoms with van der Waals surface area (Å²) in [6.45, 7) is 7.05. The standard InChI is InChI=1S/C12H20N4O2S/c1-4-13-11-7-12(15-10(3)14-11)16-5-6-19(17,18)8-9(16)2/h7,9H,4-6,8H2,1-3H3,(H,13,14,15). The summed E-state index contributed by atoms with van der Waals surface area (Å²) in [4.78, 5) is 10.8. The van der Waals surface area contributed by atoms with E-state index in [0.29, 0.717) is 12.4 Å². The molecule has 1 unspecified atom stereocenters. The molecule has 0 radical (unpaired) electrons. The first-order chi connectivity index (χ1) is 8.91. The van der Waals surface area contributed by atoms with Crippen LogP contribution in [-0.2, 0) is 9.84 Å². The molecule has 1 aliphatic rings. The SMILES string of the molecule is CCNc1cc(N2CCS(=O)(=O)CC2C)nc(C)n1. The van der Waals surface area contributed by atoms with Crippen molar-refractivity contribution in [1.82, 2.24) is 9.97 Å². The van der Waals surface area contributed by atoms with E-state index in [1.165, 1.54) is 0 Å². The molecule has 1 aromatic heterocycles. The molecule has 19 heavy (non-hydrogen) atoms. The van der Waals surface area contributed by atoms with Gasteiger partial charge in [-0.3, -0.25) is 0 Å². The van der Waals surface area contributed by atoms with Crippen molar-refractivity contribution in [3.63, 3.8) is 0 Å². The third kappa shape index (κ3) is 3.34. The highest BCUT2D eigenvalue weighted by molar-refractivity contribution is 7.91. The van der Waals surface area contributed by atoms with Crippen molar-refractivity contribution in [3.05, 3.63) is 11.9 Å². The maximum atomic E-state index is 11.6. The molecule has 0 amide bonds. The summed E-state index contributed by atoms with van der Waals surface area (Å²) in [7, 11) is -2.90. The number of anilines is 2. The lowest BCUT2D eigenvalue weighted by atomic mass is 10.3. The minimum absolute atomic E-state index is 0.0532. The summed E-state index contributed by atoms with van der Waals surface area (Å²) < 4.78 is 23.2. The lowest BCUT2D eigenvalue weighted by Crippen LogP contribution is -2.47. The van der Waals surface area contributed by atoms with Gasteiger partial charge in [0, 0.05) is 25.2 Å². The Hall–Kier alpha value is -1.37. The molecule has 0 saturated carbocycles. The topological polar surface area (TPSA) is 75.2 Å². The number of hydrogen-bond acceptors (Lipinski definition) is 6. The fourth-order valence-electron chi connectivity index (χ4n) is 2.31. The third-order valence-electron chi connectivity index (χ3n) is 3.15. The van der Waals surface area contributed by atoms with E-state index in [1.807, 2.05) is 31.7 Å². The van der Waals surface area contributed by atoms with Crippen molar-refractivity contribution >= 4 is 21.5 Å². The van der Waals surface area contributed by atoms with E-state index in [-0.39, 0.29) is 17.5 Å². The average molecular weight is 284 g/mol. The predicted octanol–water partition coefficient (Wildman–Crippen LogP) is 0.840. The molecule has 1 saturated heterocycles. The fraction of sp³-hybridized carbons (Fsp3) is 0.667. The van der Waals surface area contributed by atoms with E-state index in [0.717, 1.165) is 18.2 Å². The Bertz CT molecular complexity index is 559. The zero-order valence-electron chi connectivity index (χ0n) is 11.5. The molecule has 7 heteroatoms. The molecule has 106 valence electrons. The van der Waals surface area contributed by atoms with Crippen molar-refractivity contribution in [2.75, 3.05) is 34.8 Å². The molecule has 0 bridgehead atoms. The number of sulfone groups is 1.